The average Bonchev–Trinajstić information content (AvgIpc) is 3.51. The SMILES string of the molecule is Cn1c(-c2cccc3ccccc23)nc2oc(/C=C3\C(=O)c4ccccc4C3=C(C#N)C#N)cc21. The summed E-state index contributed by atoms with van der Waals surface area (Å²) in [5, 5.41) is 21.2. The molecule has 2 aromatic heterocycles. The van der Waals surface area contributed by atoms with Gasteiger partial charge in [0.15, 0.2) is 5.78 Å². The van der Waals surface area contributed by atoms with Gasteiger partial charge in [0.2, 0.25) is 5.71 Å². The number of fused-ring (bicyclic) bond motifs is 3. The second-order valence-corrected chi connectivity index (χ2v) is 8.27. The molecule has 6 rings (SSSR count). The molecule has 164 valence electrons. The van der Waals surface area contributed by atoms with Crippen LogP contribution in [0, 0.1) is 22.7 Å². The quantitative estimate of drug-likeness (QED) is 0.239. The lowest BCUT2D eigenvalue weighted by molar-refractivity contribution is 0.104. The average molecular weight is 452 g/mol. The van der Waals surface area contributed by atoms with Crippen molar-refractivity contribution in [1.82, 2.24) is 9.55 Å². The smallest absolute Gasteiger partial charge is 0.245 e. The van der Waals surface area contributed by atoms with Crippen LogP contribution in [0.2, 0.25) is 0 Å². The van der Waals surface area contributed by atoms with Crippen molar-refractivity contribution in [2.24, 2.45) is 7.05 Å². The third-order valence-corrected chi connectivity index (χ3v) is 6.34. The summed E-state index contributed by atoms with van der Waals surface area (Å²) in [6.07, 6.45) is 1.59. The number of carbonyl (C=O) groups is 1. The van der Waals surface area contributed by atoms with E-state index in [1.54, 1.807) is 30.3 Å². The lowest BCUT2D eigenvalue weighted by atomic mass is 9.99. The number of benzene rings is 3. The topological polar surface area (TPSA) is 95.6 Å². The summed E-state index contributed by atoms with van der Waals surface area (Å²) in [6.45, 7) is 0. The van der Waals surface area contributed by atoms with Gasteiger partial charge in [-0.3, -0.25) is 4.79 Å². The number of nitrogens with zero attached hydrogens (tertiary/aromatic N) is 4. The highest BCUT2D eigenvalue weighted by Gasteiger charge is 2.32. The number of hydrogen-bond acceptors (Lipinski definition) is 5. The standard InChI is InChI=1S/C29H16N4O2/c1-33-25-14-19(13-24-26(18(15-30)16-31)21-10-4-5-11-22(21)27(24)34)35-29(25)32-28(33)23-12-6-8-17-7-2-3-9-20(17)23/h2-14H,1H3/b24-13-. The van der Waals surface area contributed by atoms with Crippen LogP contribution in [0.25, 0.3) is 45.0 Å². The summed E-state index contributed by atoms with van der Waals surface area (Å²) in [5.74, 6) is 0.950. The lowest BCUT2D eigenvalue weighted by Crippen LogP contribution is -1.96. The van der Waals surface area contributed by atoms with Crippen molar-refractivity contribution >= 4 is 39.4 Å². The Morgan fingerprint density at radius 3 is 2.40 bits per heavy atom. The van der Waals surface area contributed by atoms with Crippen molar-refractivity contribution in [3.05, 3.63) is 101 Å². The number of Topliss-reactive ketones (excluding diaryl/α,β-unsaturated/α-hetero) is 1. The fraction of sp³-hybridized carbons (Fsp3) is 0.0345. The van der Waals surface area contributed by atoms with Gasteiger partial charge in [-0.05, 0) is 22.4 Å². The van der Waals surface area contributed by atoms with E-state index >= 15 is 0 Å². The molecule has 0 spiro atoms. The third-order valence-electron chi connectivity index (χ3n) is 6.34. The van der Waals surface area contributed by atoms with Crippen molar-refractivity contribution in [1.29, 1.82) is 10.5 Å². The van der Waals surface area contributed by atoms with Gasteiger partial charge in [-0.1, -0.05) is 66.7 Å². The van der Waals surface area contributed by atoms with Gasteiger partial charge in [-0.2, -0.15) is 15.5 Å². The van der Waals surface area contributed by atoms with Gasteiger partial charge in [-0.15, -0.1) is 0 Å². The van der Waals surface area contributed by atoms with Gasteiger partial charge in [0.1, 0.15) is 34.8 Å². The molecule has 1 aliphatic carbocycles. The van der Waals surface area contributed by atoms with E-state index in [0.717, 1.165) is 27.7 Å². The van der Waals surface area contributed by atoms with Gasteiger partial charge in [-0.25, -0.2) is 0 Å². The highest BCUT2D eigenvalue weighted by molar-refractivity contribution is 6.29. The fourth-order valence-electron chi connectivity index (χ4n) is 4.72. The first-order chi connectivity index (χ1) is 17.1. The van der Waals surface area contributed by atoms with Crippen LogP contribution in [-0.4, -0.2) is 15.3 Å². The van der Waals surface area contributed by atoms with Crippen LogP contribution in [0.1, 0.15) is 21.7 Å². The highest BCUT2D eigenvalue weighted by atomic mass is 16.3. The summed E-state index contributed by atoms with van der Waals surface area (Å²) in [6, 6.07) is 26.9. The molecule has 0 N–H and O–H groups in total. The first-order valence-corrected chi connectivity index (χ1v) is 11.0. The summed E-state index contributed by atoms with van der Waals surface area (Å²) in [5.41, 5.74) is 3.74. The Morgan fingerprint density at radius 1 is 0.943 bits per heavy atom. The summed E-state index contributed by atoms with van der Waals surface area (Å²) < 4.78 is 7.98. The molecule has 6 heteroatoms. The van der Waals surface area contributed by atoms with E-state index in [0.29, 0.717) is 28.2 Å². The van der Waals surface area contributed by atoms with Crippen LogP contribution >= 0.6 is 0 Å². The third kappa shape index (κ3) is 3.02. The summed E-state index contributed by atoms with van der Waals surface area (Å²) in [4.78, 5) is 17.9. The van der Waals surface area contributed by atoms with E-state index in [4.69, 9.17) is 9.40 Å². The molecule has 35 heavy (non-hydrogen) atoms. The number of furan rings is 1. The first-order valence-electron chi connectivity index (χ1n) is 11.0. The Balaban J connectivity index is 1.49. The molecule has 0 saturated carbocycles. The van der Waals surface area contributed by atoms with Gasteiger partial charge < -0.3 is 8.98 Å². The largest absolute Gasteiger partial charge is 0.437 e. The maximum absolute atomic E-state index is 13.1. The van der Waals surface area contributed by atoms with E-state index in [9.17, 15) is 15.3 Å². The number of aryl methyl sites for hydroxylation is 1. The number of ketones is 1. The van der Waals surface area contributed by atoms with Crippen LogP contribution in [0.4, 0.5) is 0 Å². The van der Waals surface area contributed by atoms with Crippen molar-refractivity contribution in [3.8, 4) is 23.5 Å². The fourth-order valence-corrected chi connectivity index (χ4v) is 4.72. The Hall–Kier alpha value is -5.20. The van der Waals surface area contributed by atoms with Crippen molar-refractivity contribution in [2.75, 3.05) is 0 Å². The normalized spacial score (nSPS) is 13.9. The number of imidazole rings is 1. The molecular weight excluding hydrogens is 436 g/mol. The molecule has 0 atom stereocenters. The molecule has 0 bridgehead atoms. The van der Waals surface area contributed by atoms with Crippen LogP contribution in [0.5, 0.6) is 0 Å². The van der Waals surface area contributed by atoms with Gasteiger partial charge >= 0.3 is 0 Å². The van der Waals surface area contributed by atoms with E-state index < -0.39 is 0 Å². The zero-order valence-electron chi connectivity index (χ0n) is 18.6. The zero-order chi connectivity index (χ0) is 24.1. The summed E-state index contributed by atoms with van der Waals surface area (Å²) in [7, 11) is 1.92. The maximum atomic E-state index is 13.1. The van der Waals surface area contributed by atoms with Crippen LogP contribution in [0.15, 0.2) is 88.4 Å². The predicted octanol–water partition coefficient (Wildman–Crippen LogP) is 6.07. The molecule has 5 aromatic rings. The monoisotopic (exact) mass is 452 g/mol. The Kier molecular flexibility index (Phi) is 4.48. The molecule has 0 aliphatic heterocycles. The van der Waals surface area contributed by atoms with Crippen LogP contribution < -0.4 is 0 Å². The van der Waals surface area contributed by atoms with Crippen molar-refractivity contribution in [2.45, 2.75) is 0 Å². The molecule has 0 fully saturated rings. The highest BCUT2D eigenvalue weighted by Crippen LogP contribution is 2.40. The number of carbonyl (C=O) groups excluding carboxylic acids is 1. The van der Waals surface area contributed by atoms with E-state index in [2.05, 4.69) is 18.2 Å². The number of allylic oxidation sites excluding steroid dienone is 3. The van der Waals surface area contributed by atoms with E-state index in [1.165, 1.54) is 0 Å². The molecule has 2 heterocycles. The molecule has 1 aliphatic rings. The van der Waals surface area contributed by atoms with Crippen molar-refractivity contribution in [3.63, 3.8) is 0 Å². The zero-order valence-corrected chi connectivity index (χ0v) is 18.6. The molecule has 3 aromatic carbocycles. The minimum absolute atomic E-state index is 0.109. The van der Waals surface area contributed by atoms with E-state index in [1.807, 2.05) is 54.1 Å². The lowest BCUT2D eigenvalue weighted by Gasteiger charge is -2.06. The minimum atomic E-state index is -0.247. The van der Waals surface area contributed by atoms with Gasteiger partial charge in [0, 0.05) is 35.4 Å². The van der Waals surface area contributed by atoms with Crippen LogP contribution in [0.3, 0.4) is 0 Å². The Bertz CT molecular complexity index is 1830. The Morgan fingerprint density at radius 2 is 1.63 bits per heavy atom. The summed E-state index contributed by atoms with van der Waals surface area (Å²) >= 11 is 0. The molecule has 0 amide bonds. The molecular formula is C29H16N4O2. The van der Waals surface area contributed by atoms with E-state index in [-0.39, 0.29) is 16.9 Å². The van der Waals surface area contributed by atoms with Gasteiger partial charge in [0.25, 0.3) is 0 Å². The van der Waals surface area contributed by atoms with Crippen LogP contribution in [-0.2, 0) is 7.05 Å². The minimum Gasteiger partial charge on any atom is -0.437 e. The molecule has 0 radical (unpaired) electrons. The number of hydrogen-bond donors (Lipinski definition) is 0. The molecule has 0 unspecified atom stereocenters. The second-order valence-electron chi connectivity index (χ2n) is 8.27. The predicted molar refractivity (Wildman–Crippen MR) is 133 cm³/mol. The molecule has 0 saturated heterocycles. The first kappa shape index (κ1) is 20.4. The second kappa shape index (κ2) is 7.69. The van der Waals surface area contributed by atoms with Crippen molar-refractivity contribution < 1.29 is 9.21 Å². The maximum Gasteiger partial charge on any atom is 0.245 e. The Labute approximate surface area is 200 Å². The van der Waals surface area contributed by atoms with Gasteiger partial charge in [0.05, 0.1) is 0 Å². The molecule has 6 nitrogen and oxygen atoms in total. The number of rotatable bonds is 2. The number of nitriles is 2. The number of aromatic nitrogens is 2.